The van der Waals surface area contributed by atoms with Gasteiger partial charge in [-0.25, -0.2) is 9.67 Å². The molecule has 1 atom stereocenters. The molecule has 3 N–H and O–H groups in total. The van der Waals surface area contributed by atoms with E-state index in [9.17, 15) is 9.90 Å². The van der Waals surface area contributed by atoms with Crippen LogP contribution in [0.3, 0.4) is 0 Å². The van der Waals surface area contributed by atoms with E-state index in [1.165, 1.54) is 0 Å². The number of carbonyl (C=O) groups is 1. The molecule has 1 amide bonds. The van der Waals surface area contributed by atoms with Gasteiger partial charge in [0.25, 0.3) is 5.91 Å². The van der Waals surface area contributed by atoms with Crippen LogP contribution in [0, 0.1) is 0 Å². The van der Waals surface area contributed by atoms with Gasteiger partial charge in [-0.15, -0.1) is 0 Å². The summed E-state index contributed by atoms with van der Waals surface area (Å²) in [5.74, 6) is 1.12. The van der Waals surface area contributed by atoms with Gasteiger partial charge in [0.2, 0.25) is 0 Å². The number of nitrogens with zero attached hydrogens (tertiary/aromatic N) is 3. The van der Waals surface area contributed by atoms with Crippen molar-refractivity contribution in [3.63, 3.8) is 0 Å². The van der Waals surface area contributed by atoms with Crippen LogP contribution in [0.2, 0.25) is 0 Å². The van der Waals surface area contributed by atoms with Crippen LogP contribution in [-0.4, -0.2) is 37.4 Å². The summed E-state index contributed by atoms with van der Waals surface area (Å²) in [7, 11) is 0. The largest absolute Gasteiger partial charge is 0.394 e. The predicted octanol–water partition coefficient (Wildman–Crippen LogP) is 2.45. The van der Waals surface area contributed by atoms with Crippen LogP contribution < -0.4 is 5.32 Å². The lowest BCUT2D eigenvalue weighted by Gasteiger charge is -2.25. The second kappa shape index (κ2) is 6.61. The van der Waals surface area contributed by atoms with Crippen molar-refractivity contribution in [3.05, 3.63) is 71.7 Å². The van der Waals surface area contributed by atoms with E-state index in [-0.39, 0.29) is 18.6 Å². The number of benzene rings is 2. The Morgan fingerprint density at radius 2 is 1.93 bits per heavy atom. The molecule has 0 spiro atoms. The summed E-state index contributed by atoms with van der Waals surface area (Å²) in [5.41, 5.74) is 3.60. The van der Waals surface area contributed by atoms with Crippen molar-refractivity contribution < 1.29 is 9.90 Å². The summed E-state index contributed by atoms with van der Waals surface area (Å²) in [6.45, 7) is 0.264. The molecule has 140 valence electrons. The maximum atomic E-state index is 12.5. The number of fused-ring (bicyclic) bond motifs is 2. The van der Waals surface area contributed by atoms with Gasteiger partial charge in [0, 0.05) is 34.6 Å². The maximum Gasteiger partial charge on any atom is 0.252 e. The molecule has 0 radical (unpaired) electrons. The zero-order valence-corrected chi connectivity index (χ0v) is 15.1. The number of nitrogens with one attached hydrogen (secondary N) is 2. The van der Waals surface area contributed by atoms with E-state index in [4.69, 9.17) is 4.98 Å². The Labute approximate surface area is 161 Å². The molecule has 5 rings (SSSR count). The van der Waals surface area contributed by atoms with E-state index >= 15 is 0 Å². The monoisotopic (exact) mass is 373 g/mol. The highest BCUT2D eigenvalue weighted by Crippen LogP contribution is 2.29. The number of aliphatic hydroxyl groups excluding tert-OH is 1. The number of aromatic amines is 1. The molecule has 1 aliphatic heterocycles. The molecule has 1 unspecified atom stereocenters. The minimum atomic E-state index is -0.291. The van der Waals surface area contributed by atoms with Crippen LogP contribution in [0.5, 0.6) is 0 Å². The number of amides is 1. The first-order valence-corrected chi connectivity index (χ1v) is 9.25. The number of aromatic nitrogens is 4. The van der Waals surface area contributed by atoms with Gasteiger partial charge in [0.05, 0.1) is 19.2 Å². The van der Waals surface area contributed by atoms with Gasteiger partial charge >= 0.3 is 0 Å². The second-order valence-corrected chi connectivity index (χ2v) is 6.88. The summed E-state index contributed by atoms with van der Waals surface area (Å²) >= 11 is 0. The number of hydrogen-bond donors (Lipinski definition) is 3. The van der Waals surface area contributed by atoms with Gasteiger partial charge in [-0.2, -0.15) is 5.10 Å². The van der Waals surface area contributed by atoms with Gasteiger partial charge < -0.3 is 15.4 Å². The lowest BCUT2D eigenvalue weighted by atomic mass is 9.95. The summed E-state index contributed by atoms with van der Waals surface area (Å²) < 4.78 is 1.69. The van der Waals surface area contributed by atoms with Crippen LogP contribution in [-0.2, 0) is 13.0 Å². The van der Waals surface area contributed by atoms with Crippen molar-refractivity contribution in [2.45, 2.75) is 19.0 Å². The van der Waals surface area contributed by atoms with E-state index in [0.29, 0.717) is 30.2 Å². The van der Waals surface area contributed by atoms with Crippen molar-refractivity contribution >= 4 is 16.8 Å². The smallest absolute Gasteiger partial charge is 0.252 e. The van der Waals surface area contributed by atoms with Crippen LogP contribution >= 0.6 is 0 Å². The zero-order valence-electron chi connectivity index (χ0n) is 15.1. The van der Waals surface area contributed by atoms with Crippen molar-refractivity contribution in [1.29, 1.82) is 0 Å². The average Bonchev–Trinajstić information content (AvgIpc) is 3.32. The van der Waals surface area contributed by atoms with Crippen LogP contribution in [0.1, 0.15) is 27.8 Å². The average molecular weight is 373 g/mol. The van der Waals surface area contributed by atoms with E-state index in [1.807, 2.05) is 54.7 Å². The Morgan fingerprint density at radius 1 is 1.11 bits per heavy atom. The van der Waals surface area contributed by atoms with E-state index in [0.717, 1.165) is 22.0 Å². The van der Waals surface area contributed by atoms with Gasteiger partial charge in [-0.05, 0) is 17.7 Å². The maximum absolute atomic E-state index is 12.5. The fourth-order valence-electron chi connectivity index (χ4n) is 3.82. The van der Waals surface area contributed by atoms with E-state index < -0.39 is 0 Å². The molecule has 28 heavy (non-hydrogen) atoms. The molecule has 1 aliphatic rings. The Morgan fingerprint density at radius 3 is 2.82 bits per heavy atom. The molecule has 2 aromatic carbocycles. The highest BCUT2D eigenvalue weighted by Gasteiger charge is 2.29. The molecule has 0 aliphatic carbocycles. The molecule has 0 fully saturated rings. The molecule has 7 heteroatoms. The first-order valence-electron chi connectivity index (χ1n) is 9.25. The third-order valence-electron chi connectivity index (χ3n) is 5.15. The number of aliphatic hydroxyl groups is 1. The van der Waals surface area contributed by atoms with Crippen LogP contribution in [0.15, 0.2) is 54.7 Å². The number of hydrogen-bond acceptors (Lipinski definition) is 4. The third-order valence-corrected chi connectivity index (χ3v) is 5.15. The normalized spacial score (nSPS) is 16.2. The minimum absolute atomic E-state index is 0.0546. The van der Waals surface area contributed by atoms with E-state index in [2.05, 4.69) is 15.4 Å². The molecule has 0 saturated carbocycles. The minimum Gasteiger partial charge on any atom is -0.394 e. The zero-order chi connectivity index (χ0) is 19.1. The highest BCUT2D eigenvalue weighted by molar-refractivity contribution is 5.97. The first kappa shape index (κ1) is 16.7. The molecular weight excluding hydrogens is 354 g/mol. The highest BCUT2D eigenvalue weighted by atomic mass is 16.3. The van der Waals surface area contributed by atoms with Gasteiger partial charge in [-0.3, -0.25) is 4.79 Å². The van der Waals surface area contributed by atoms with Gasteiger partial charge in [0.1, 0.15) is 0 Å². The molecular formula is C21H19N5O2. The second-order valence-electron chi connectivity index (χ2n) is 6.88. The van der Waals surface area contributed by atoms with Crippen molar-refractivity contribution in [2.75, 3.05) is 6.61 Å². The molecule has 4 aromatic rings. The summed E-state index contributed by atoms with van der Waals surface area (Å²) in [4.78, 5) is 20.5. The summed E-state index contributed by atoms with van der Waals surface area (Å²) in [6, 6.07) is 15.3. The van der Waals surface area contributed by atoms with Crippen LogP contribution in [0.4, 0.5) is 0 Å². The van der Waals surface area contributed by atoms with Crippen molar-refractivity contribution in [3.8, 4) is 11.4 Å². The lowest BCUT2D eigenvalue weighted by Crippen LogP contribution is -2.37. The topological polar surface area (TPSA) is 95.8 Å². The first-order chi connectivity index (χ1) is 13.7. The van der Waals surface area contributed by atoms with Gasteiger partial charge in [0.15, 0.2) is 11.6 Å². The summed E-state index contributed by atoms with van der Waals surface area (Å²) in [5, 5.41) is 18.2. The SMILES string of the molecule is O=C1NC(c2nc(-c3c[nH]c4ccccc34)nn2CCO)Cc2ccccc21. The van der Waals surface area contributed by atoms with Crippen molar-refractivity contribution in [1.82, 2.24) is 25.1 Å². The Kier molecular flexibility index (Phi) is 3.95. The van der Waals surface area contributed by atoms with Gasteiger partial charge in [-0.1, -0.05) is 36.4 Å². The molecule has 0 bridgehead atoms. The fourth-order valence-corrected chi connectivity index (χ4v) is 3.82. The molecule has 7 nitrogen and oxygen atoms in total. The quantitative estimate of drug-likeness (QED) is 0.512. The van der Waals surface area contributed by atoms with E-state index in [1.54, 1.807) is 4.68 Å². The number of para-hydroxylation sites is 1. The molecule has 2 aromatic heterocycles. The number of H-pyrrole nitrogens is 1. The summed E-state index contributed by atoms with van der Waals surface area (Å²) in [6.07, 6.45) is 2.53. The lowest BCUT2D eigenvalue weighted by molar-refractivity contribution is 0.0921. The Balaban J connectivity index is 1.58. The Bertz CT molecular complexity index is 1180. The third kappa shape index (κ3) is 2.68. The molecule has 3 heterocycles. The molecule has 0 saturated heterocycles. The van der Waals surface area contributed by atoms with Crippen molar-refractivity contribution in [2.24, 2.45) is 0 Å². The standard InChI is InChI=1S/C21H19N5O2/c27-10-9-26-20(18-11-13-5-1-2-6-14(13)21(28)23-18)24-19(25-26)16-12-22-17-8-4-3-7-15(16)17/h1-8,12,18,22,27H,9-11H2,(H,23,28). The number of carbonyl (C=O) groups excluding carboxylic acids is 1. The van der Waals surface area contributed by atoms with Crippen LogP contribution in [0.25, 0.3) is 22.3 Å². The Hall–Kier alpha value is -3.45. The fraction of sp³-hybridized carbons (Fsp3) is 0.190. The number of rotatable bonds is 4. The predicted molar refractivity (Wildman–Crippen MR) is 105 cm³/mol.